The van der Waals surface area contributed by atoms with Gasteiger partial charge in [0.25, 0.3) is 0 Å². The van der Waals surface area contributed by atoms with Gasteiger partial charge in [-0.25, -0.2) is 14.8 Å². The number of aliphatic carboxylic acids is 1. The molecule has 1 aliphatic carbocycles. The van der Waals surface area contributed by atoms with Crippen molar-refractivity contribution in [1.82, 2.24) is 19.5 Å². The summed E-state index contributed by atoms with van der Waals surface area (Å²) in [6.45, 7) is 3.62. The molecule has 3 N–H and O–H groups in total. The van der Waals surface area contributed by atoms with E-state index in [1.165, 1.54) is 30.7 Å². The van der Waals surface area contributed by atoms with Crippen LogP contribution in [0.2, 0.25) is 0 Å². The molecule has 0 amide bonds. The van der Waals surface area contributed by atoms with Crippen LogP contribution in [0.3, 0.4) is 0 Å². The molecule has 0 spiro atoms. The molecule has 9 nitrogen and oxygen atoms in total. The molecule has 2 fully saturated rings. The summed E-state index contributed by atoms with van der Waals surface area (Å²) >= 11 is 0. The number of carboxylic acids is 1. The van der Waals surface area contributed by atoms with Crippen LogP contribution >= 0.6 is 0 Å². The molecule has 0 radical (unpaired) electrons. The lowest BCUT2D eigenvalue weighted by Crippen LogP contribution is -2.34. The summed E-state index contributed by atoms with van der Waals surface area (Å²) in [4.78, 5) is 27.4. The van der Waals surface area contributed by atoms with Gasteiger partial charge in [-0.05, 0) is 31.7 Å². The highest BCUT2D eigenvalue weighted by molar-refractivity contribution is 5.73. The normalized spacial score (nSPS) is 20.9. The summed E-state index contributed by atoms with van der Waals surface area (Å²) < 4.78 is 34.2. The fourth-order valence-corrected chi connectivity index (χ4v) is 4.14. The van der Waals surface area contributed by atoms with Gasteiger partial charge in [0.1, 0.15) is 5.82 Å². The topological polar surface area (TPSA) is 113 Å². The van der Waals surface area contributed by atoms with Crippen LogP contribution in [0.15, 0.2) is 18.6 Å². The standard InChI is InChI=1S/C18H25N7.C2HF3O2/c19-13-5-8-23(10-13)17-4-7-20-18(22-17)24-9-6-16-15(11-24)21-12-25(16)14-2-1-3-14;3-2(4,5)1(6)7/h4,7,12-14H,1-3,5-6,8-11,19H2;(H,6,7). The molecule has 4 heterocycles. The number of alkyl halides is 3. The minimum Gasteiger partial charge on any atom is -0.475 e. The highest BCUT2D eigenvalue weighted by atomic mass is 19.4. The van der Waals surface area contributed by atoms with Gasteiger partial charge in [-0.15, -0.1) is 0 Å². The van der Waals surface area contributed by atoms with E-state index < -0.39 is 12.1 Å². The van der Waals surface area contributed by atoms with Crippen LogP contribution < -0.4 is 15.5 Å². The van der Waals surface area contributed by atoms with Crippen molar-refractivity contribution in [1.29, 1.82) is 0 Å². The van der Waals surface area contributed by atoms with E-state index in [0.29, 0.717) is 6.04 Å². The second kappa shape index (κ2) is 8.93. The lowest BCUT2D eigenvalue weighted by atomic mass is 9.92. The number of hydrogen-bond donors (Lipinski definition) is 2. The van der Waals surface area contributed by atoms with Crippen molar-refractivity contribution in [3.8, 4) is 0 Å². The van der Waals surface area contributed by atoms with E-state index >= 15 is 0 Å². The summed E-state index contributed by atoms with van der Waals surface area (Å²) in [6, 6.07) is 2.93. The number of nitrogens with zero attached hydrogens (tertiary/aromatic N) is 6. The van der Waals surface area contributed by atoms with Crippen LogP contribution in [-0.4, -0.2) is 62.4 Å². The number of nitrogens with two attached hydrogens (primary N) is 1. The number of hydrogen-bond acceptors (Lipinski definition) is 7. The maximum atomic E-state index is 10.6. The van der Waals surface area contributed by atoms with Gasteiger partial charge in [0.2, 0.25) is 5.95 Å². The van der Waals surface area contributed by atoms with Crippen molar-refractivity contribution in [3.63, 3.8) is 0 Å². The Hall–Kier alpha value is -2.89. The zero-order valence-electron chi connectivity index (χ0n) is 17.5. The van der Waals surface area contributed by atoms with E-state index in [-0.39, 0.29) is 6.04 Å². The van der Waals surface area contributed by atoms with E-state index in [0.717, 1.165) is 50.8 Å². The Kier molecular flexibility index (Phi) is 6.22. The highest BCUT2D eigenvalue weighted by Crippen LogP contribution is 2.34. The number of aromatic nitrogens is 4. The number of anilines is 2. The minimum atomic E-state index is -5.08. The number of carbonyl (C=O) groups is 1. The Labute approximate surface area is 183 Å². The molecule has 174 valence electrons. The van der Waals surface area contributed by atoms with Crippen molar-refractivity contribution in [2.45, 2.75) is 56.9 Å². The third-order valence-corrected chi connectivity index (χ3v) is 6.11. The van der Waals surface area contributed by atoms with Crippen molar-refractivity contribution in [2.24, 2.45) is 5.73 Å². The van der Waals surface area contributed by atoms with Gasteiger partial charge in [0, 0.05) is 50.0 Å². The first kappa shape index (κ1) is 22.3. The number of fused-ring (bicyclic) bond motifs is 1. The monoisotopic (exact) mass is 453 g/mol. The van der Waals surface area contributed by atoms with Gasteiger partial charge < -0.3 is 25.2 Å². The summed E-state index contributed by atoms with van der Waals surface area (Å²) in [5.74, 6) is -0.960. The Morgan fingerprint density at radius 2 is 1.91 bits per heavy atom. The van der Waals surface area contributed by atoms with E-state index in [2.05, 4.69) is 24.3 Å². The molecule has 5 rings (SSSR count). The van der Waals surface area contributed by atoms with E-state index in [1.54, 1.807) is 0 Å². The van der Waals surface area contributed by atoms with Gasteiger partial charge in [-0.2, -0.15) is 18.2 Å². The first-order valence-electron chi connectivity index (χ1n) is 10.7. The number of halogens is 3. The second-order valence-corrected chi connectivity index (χ2v) is 8.31. The van der Waals surface area contributed by atoms with Crippen LogP contribution in [0.4, 0.5) is 24.9 Å². The Balaban J connectivity index is 0.000000307. The van der Waals surface area contributed by atoms with Crippen LogP contribution in [0.1, 0.15) is 43.1 Å². The Bertz CT molecular complexity index is 961. The molecule has 0 bridgehead atoms. The van der Waals surface area contributed by atoms with Crippen LogP contribution in [0.25, 0.3) is 0 Å². The van der Waals surface area contributed by atoms with Crippen LogP contribution in [0, 0.1) is 0 Å². The molecule has 1 saturated carbocycles. The second-order valence-electron chi connectivity index (χ2n) is 8.31. The molecule has 0 aromatic carbocycles. The zero-order chi connectivity index (χ0) is 22.9. The molecule has 1 atom stereocenters. The van der Waals surface area contributed by atoms with Crippen LogP contribution in [-0.2, 0) is 17.8 Å². The molecular weight excluding hydrogens is 427 g/mol. The average molecular weight is 453 g/mol. The first-order valence-corrected chi connectivity index (χ1v) is 10.7. The van der Waals surface area contributed by atoms with Crippen molar-refractivity contribution in [2.75, 3.05) is 29.4 Å². The quantitative estimate of drug-likeness (QED) is 0.727. The smallest absolute Gasteiger partial charge is 0.475 e. The molecule has 2 aliphatic heterocycles. The maximum Gasteiger partial charge on any atom is 0.490 e. The predicted octanol–water partition coefficient (Wildman–Crippen LogP) is 2.13. The highest BCUT2D eigenvalue weighted by Gasteiger charge is 2.38. The Morgan fingerprint density at radius 1 is 1.16 bits per heavy atom. The molecule has 3 aliphatic rings. The Morgan fingerprint density at radius 3 is 2.50 bits per heavy atom. The van der Waals surface area contributed by atoms with Crippen molar-refractivity contribution in [3.05, 3.63) is 30.0 Å². The van der Waals surface area contributed by atoms with Gasteiger partial charge in [-0.1, -0.05) is 0 Å². The number of imidazole rings is 1. The van der Waals surface area contributed by atoms with Crippen molar-refractivity contribution < 1.29 is 23.1 Å². The lowest BCUT2D eigenvalue weighted by Gasteiger charge is -2.32. The molecule has 1 unspecified atom stereocenters. The molecule has 1 saturated heterocycles. The summed E-state index contributed by atoms with van der Waals surface area (Å²) in [5, 5.41) is 7.12. The van der Waals surface area contributed by atoms with Gasteiger partial charge in [0.05, 0.1) is 18.6 Å². The zero-order valence-corrected chi connectivity index (χ0v) is 17.5. The fraction of sp³-hybridized carbons (Fsp3) is 0.600. The third kappa shape index (κ3) is 4.79. The average Bonchev–Trinajstić information content (AvgIpc) is 3.33. The van der Waals surface area contributed by atoms with E-state index in [4.69, 9.17) is 20.6 Å². The SMILES string of the molecule is NC1CCN(c2ccnc(N3CCc4c(ncn4C4CCC4)C3)n2)C1.O=C(O)C(F)(F)F. The van der Waals surface area contributed by atoms with E-state index in [9.17, 15) is 13.2 Å². The first-order chi connectivity index (χ1) is 15.2. The number of carboxylic acid groups (broad SMARTS) is 1. The van der Waals surface area contributed by atoms with Gasteiger partial charge in [0.15, 0.2) is 0 Å². The lowest BCUT2D eigenvalue weighted by molar-refractivity contribution is -0.192. The maximum absolute atomic E-state index is 10.6. The van der Waals surface area contributed by atoms with Gasteiger partial charge >= 0.3 is 12.1 Å². The summed E-state index contributed by atoms with van der Waals surface area (Å²) in [7, 11) is 0. The molecule has 32 heavy (non-hydrogen) atoms. The molecule has 12 heteroatoms. The summed E-state index contributed by atoms with van der Waals surface area (Å²) in [6.07, 6.45) is 4.83. The largest absolute Gasteiger partial charge is 0.490 e. The summed E-state index contributed by atoms with van der Waals surface area (Å²) in [5.41, 5.74) is 8.64. The third-order valence-electron chi connectivity index (χ3n) is 6.11. The van der Waals surface area contributed by atoms with Crippen molar-refractivity contribution >= 4 is 17.7 Å². The minimum absolute atomic E-state index is 0.256. The fourth-order valence-electron chi connectivity index (χ4n) is 4.14. The molecule has 2 aromatic heterocycles. The van der Waals surface area contributed by atoms with Crippen LogP contribution in [0.5, 0.6) is 0 Å². The van der Waals surface area contributed by atoms with Gasteiger partial charge in [-0.3, -0.25) is 0 Å². The number of rotatable bonds is 3. The molecular formula is C20H26F3N7O2. The molecule has 2 aromatic rings. The predicted molar refractivity (Wildman–Crippen MR) is 110 cm³/mol. The van der Waals surface area contributed by atoms with E-state index in [1.807, 2.05) is 18.6 Å².